The highest BCUT2D eigenvalue weighted by molar-refractivity contribution is 7.86. The third kappa shape index (κ3) is 1.79. The van der Waals surface area contributed by atoms with Crippen molar-refractivity contribution < 1.29 is 8.42 Å². The number of nitrogens with two attached hydrogens (primary N) is 2. The fourth-order valence-corrected chi connectivity index (χ4v) is 3.46. The molecule has 0 spiro atoms. The van der Waals surface area contributed by atoms with Gasteiger partial charge in [-0.15, -0.1) is 0 Å². The molecule has 0 aromatic rings. The molecule has 82 valence electrons. The average Bonchev–Trinajstić information content (AvgIpc) is 2.48. The van der Waals surface area contributed by atoms with E-state index in [0.717, 1.165) is 19.3 Å². The lowest BCUT2D eigenvalue weighted by Crippen LogP contribution is -2.39. The number of hydrogen-bond acceptors (Lipinski definition) is 3. The summed E-state index contributed by atoms with van der Waals surface area (Å²) in [4.78, 5) is 0. The van der Waals surface area contributed by atoms with E-state index in [1.165, 1.54) is 4.31 Å². The van der Waals surface area contributed by atoms with E-state index < -0.39 is 10.2 Å². The van der Waals surface area contributed by atoms with Crippen LogP contribution >= 0.6 is 0 Å². The molecule has 1 heterocycles. The first-order valence-electron chi connectivity index (χ1n) is 5.02. The molecule has 3 atom stereocenters. The van der Waals surface area contributed by atoms with Crippen molar-refractivity contribution >= 4 is 10.2 Å². The van der Waals surface area contributed by atoms with E-state index >= 15 is 0 Å². The van der Waals surface area contributed by atoms with Crippen molar-refractivity contribution in [2.24, 2.45) is 22.7 Å². The number of fused-ring (bicyclic) bond motifs is 1. The molecule has 1 saturated heterocycles. The summed E-state index contributed by atoms with van der Waals surface area (Å²) in [6.45, 7) is 1.09. The Hall–Kier alpha value is -0.170. The summed E-state index contributed by atoms with van der Waals surface area (Å²) >= 11 is 0. The molecule has 3 unspecified atom stereocenters. The SMILES string of the molecule is NC1CCCC2CN(S(N)(=O)=O)CC12. The van der Waals surface area contributed by atoms with Crippen LogP contribution in [-0.4, -0.2) is 31.9 Å². The molecule has 0 radical (unpaired) electrons. The van der Waals surface area contributed by atoms with Gasteiger partial charge in [0.05, 0.1) is 0 Å². The van der Waals surface area contributed by atoms with E-state index in [1.807, 2.05) is 0 Å². The first kappa shape index (κ1) is 10.4. The molecule has 0 aromatic carbocycles. The lowest BCUT2D eigenvalue weighted by molar-refractivity contribution is 0.260. The zero-order chi connectivity index (χ0) is 10.3. The second-order valence-corrected chi connectivity index (χ2v) is 5.93. The molecule has 2 aliphatic rings. The van der Waals surface area contributed by atoms with Crippen LogP contribution in [0.25, 0.3) is 0 Å². The standard InChI is InChI=1S/C8H17N3O2S/c9-8-3-1-2-6-4-11(5-7(6)8)14(10,12)13/h6-8H,1-5,9H2,(H2,10,12,13). The maximum Gasteiger partial charge on any atom is 0.276 e. The van der Waals surface area contributed by atoms with E-state index in [9.17, 15) is 8.42 Å². The lowest BCUT2D eigenvalue weighted by Gasteiger charge is -2.29. The van der Waals surface area contributed by atoms with Crippen LogP contribution < -0.4 is 10.9 Å². The van der Waals surface area contributed by atoms with Gasteiger partial charge < -0.3 is 5.73 Å². The molecule has 0 bridgehead atoms. The maximum atomic E-state index is 11.1. The lowest BCUT2D eigenvalue weighted by atomic mass is 9.78. The van der Waals surface area contributed by atoms with Gasteiger partial charge in [0.2, 0.25) is 0 Å². The highest BCUT2D eigenvalue weighted by Gasteiger charge is 2.41. The van der Waals surface area contributed by atoms with Gasteiger partial charge in [-0.25, -0.2) is 5.14 Å². The van der Waals surface area contributed by atoms with Crippen molar-refractivity contribution in [3.8, 4) is 0 Å². The minimum atomic E-state index is -3.51. The molecular formula is C8H17N3O2S. The third-order valence-corrected chi connectivity index (χ3v) is 4.50. The molecule has 0 aromatic heterocycles. The first-order valence-corrected chi connectivity index (χ1v) is 6.52. The van der Waals surface area contributed by atoms with Crippen LogP contribution in [-0.2, 0) is 10.2 Å². The topological polar surface area (TPSA) is 89.4 Å². The van der Waals surface area contributed by atoms with Gasteiger partial charge in [-0.2, -0.15) is 12.7 Å². The van der Waals surface area contributed by atoms with E-state index in [2.05, 4.69) is 0 Å². The van der Waals surface area contributed by atoms with Crippen LogP contribution in [0.5, 0.6) is 0 Å². The van der Waals surface area contributed by atoms with Crippen molar-refractivity contribution in [1.82, 2.24) is 4.31 Å². The Morgan fingerprint density at radius 2 is 1.93 bits per heavy atom. The van der Waals surface area contributed by atoms with Gasteiger partial charge in [0.1, 0.15) is 0 Å². The van der Waals surface area contributed by atoms with Crippen LogP contribution in [0.3, 0.4) is 0 Å². The summed E-state index contributed by atoms with van der Waals surface area (Å²) in [5.41, 5.74) is 5.96. The van der Waals surface area contributed by atoms with Crippen LogP contribution in [0.1, 0.15) is 19.3 Å². The average molecular weight is 219 g/mol. The smallest absolute Gasteiger partial charge is 0.276 e. The minimum Gasteiger partial charge on any atom is -0.327 e. The predicted molar refractivity (Wildman–Crippen MR) is 53.5 cm³/mol. The van der Waals surface area contributed by atoms with Gasteiger partial charge >= 0.3 is 0 Å². The summed E-state index contributed by atoms with van der Waals surface area (Å²) in [5, 5.41) is 5.10. The molecular weight excluding hydrogens is 202 g/mol. The fraction of sp³-hybridized carbons (Fsp3) is 1.00. The molecule has 6 heteroatoms. The summed E-state index contributed by atoms with van der Waals surface area (Å²) in [6.07, 6.45) is 3.21. The monoisotopic (exact) mass is 219 g/mol. The minimum absolute atomic E-state index is 0.153. The largest absolute Gasteiger partial charge is 0.327 e. The quantitative estimate of drug-likeness (QED) is 0.608. The normalized spacial score (nSPS) is 39.7. The van der Waals surface area contributed by atoms with Gasteiger partial charge in [-0.3, -0.25) is 0 Å². The third-order valence-electron chi connectivity index (χ3n) is 3.48. The Labute approximate surface area is 84.6 Å². The van der Waals surface area contributed by atoms with Gasteiger partial charge in [0.25, 0.3) is 10.2 Å². The fourth-order valence-electron chi connectivity index (χ4n) is 2.68. The van der Waals surface area contributed by atoms with Crippen molar-refractivity contribution in [3.63, 3.8) is 0 Å². The predicted octanol–water partition coefficient (Wildman–Crippen LogP) is -0.751. The number of rotatable bonds is 1. The van der Waals surface area contributed by atoms with E-state index in [0.29, 0.717) is 24.9 Å². The van der Waals surface area contributed by atoms with E-state index in [-0.39, 0.29) is 6.04 Å². The van der Waals surface area contributed by atoms with Gasteiger partial charge in [-0.05, 0) is 24.7 Å². The summed E-state index contributed by atoms with van der Waals surface area (Å²) in [6, 6.07) is 0.153. The van der Waals surface area contributed by atoms with Crippen LogP contribution in [0.4, 0.5) is 0 Å². The summed E-state index contributed by atoms with van der Waals surface area (Å²) in [5.74, 6) is 0.749. The molecule has 14 heavy (non-hydrogen) atoms. The molecule has 1 aliphatic heterocycles. The van der Waals surface area contributed by atoms with Crippen molar-refractivity contribution in [3.05, 3.63) is 0 Å². The van der Waals surface area contributed by atoms with Gasteiger partial charge in [0.15, 0.2) is 0 Å². The molecule has 5 nitrogen and oxygen atoms in total. The Morgan fingerprint density at radius 1 is 1.21 bits per heavy atom. The Morgan fingerprint density at radius 3 is 2.50 bits per heavy atom. The van der Waals surface area contributed by atoms with Crippen molar-refractivity contribution in [2.75, 3.05) is 13.1 Å². The molecule has 4 N–H and O–H groups in total. The highest BCUT2D eigenvalue weighted by atomic mass is 32.2. The molecule has 2 fully saturated rings. The molecule has 1 aliphatic carbocycles. The second kappa shape index (κ2) is 3.44. The number of hydrogen-bond donors (Lipinski definition) is 2. The van der Waals surface area contributed by atoms with Crippen LogP contribution in [0.2, 0.25) is 0 Å². The van der Waals surface area contributed by atoms with Crippen molar-refractivity contribution in [2.45, 2.75) is 25.3 Å². The second-order valence-electron chi connectivity index (χ2n) is 4.38. The first-order chi connectivity index (χ1) is 6.48. The zero-order valence-electron chi connectivity index (χ0n) is 8.09. The molecule has 2 rings (SSSR count). The Balaban J connectivity index is 2.12. The van der Waals surface area contributed by atoms with Crippen LogP contribution in [0, 0.1) is 11.8 Å². The van der Waals surface area contributed by atoms with Gasteiger partial charge in [0, 0.05) is 19.1 Å². The summed E-state index contributed by atoms with van der Waals surface area (Å²) < 4.78 is 23.7. The summed E-state index contributed by atoms with van der Waals surface area (Å²) in [7, 11) is -3.51. The van der Waals surface area contributed by atoms with Crippen LogP contribution in [0.15, 0.2) is 0 Å². The molecule has 0 amide bonds. The Kier molecular flexibility index (Phi) is 2.55. The zero-order valence-corrected chi connectivity index (χ0v) is 8.91. The highest BCUT2D eigenvalue weighted by Crippen LogP contribution is 2.35. The van der Waals surface area contributed by atoms with E-state index in [4.69, 9.17) is 10.9 Å². The van der Waals surface area contributed by atoms with Crippen molar-refractivity contribution in [1.29, 1.82) is 0 Å². The number of nitrogens with zero attached hydrogens (tertiary/aromatic N) is 1. The maximum absolute atomic E-state index is 11.1. The Bertz CT molecular complexity index is 317. The molecule has 1 saturated carbocycles. The van der Waals surface area contributed by atoms with E-state index in [1.54, 1.807) is 0 Å². The van der Waals surface area contributed by atoms with Gasteiger partial charge in [-0.1, -0.05) is 6.42 Å².